The maximum atomic E-state index is 11.7. The Labute approximate surface area is 103 Å². The lowest BCUT2D eigenvalue weighted by atomic mass is 10.3. The number of ether oxygens (including phenoxy) is 1. The molecule has 0 atom stereocenters. The van der Waals surface area contributed by atoms with Crippen LogP contribution in [0.4, 0.5) is 0 Å². The number of nitrogens with one attached hydrogen (secondary N) is 1. The van der Waals surface area contributed by atoms with E-state index in [1.54, 1.807) is 30.6 Å². The van der Waals surface area contributed by atoms with E-state index in [4.69, 9.17) is 9.15 Å². The van der Waals surface area contributed by atoms with Gasteiger partial charge >= 0.3 is 0 Å². The molecule has 0 saturated heterocycles. The molecular weight excluding hydrogens is 238 g/mol. The molecule has 17 heavy (non-hydrogen) atoms. The fourth-order valence-electron chi connectivity index (χ4n) is 1.38. The molecule has 0 aliphatic carbocycles. The van der Waals surface area contributed by atoms with Gasteiger partial charge in [-0.25, -0.2) is 0 Å². The molecule has 5 heteroatoms. The Hall–Kier alpha value is -1.59. The van der Waals surface area contributed by atoms with Gasteiger partial charge in [0.15, 0.2) is 5.76 Å². The molecule has 0 saturated carbocycles. The van der Waals surface area contributed by atoms with Crippen molar-refractivity contribution in [2.45, 2.75) is 13.2 Å². The van der Waals surface area contributed by atoms with Crippen LogP contribution in [0, 0.1) is 0 Å². The van der Waals surface area contributed by atoms with Gasteiger partial charge in [-0.05, 0) is 34.5 Å². The highest BCUT2D eigenvalue weighted by Gasteiger charge is 2.10. The smallest absolute Gasteiger partial charge is 0.287 e. The maximum absolute atomic E-state index is 11.7. The molecule has 1 N–H and O–H groups in total. The number of methoxy groups -OCH3 is 1. The lowest BCUT2D eigenvalue weighted by molar-refractivity contribution is 0.0914. The molecule has 0 spiro atoms. The van der Waals surface area contributed by atoms with E-state index in [0.717, 1.165) is 5.56 Å². The zero-order valence-corrected chi connectivity index (χ0v) is 10.3. The Bertz CT molecular complexity index is 476. The van der Waals surface area contributed by atoms with Gasteiger partial charge in [0, 0.05) is 13.7 Å². The molecule has 2 aromatic heterocycles. The summed E-state index contributed by atoms with van der Waals surface area (Å²) in [5.41, 5.74) is 1.09. The van der Waals surface area contributed by atoms with E-state index in [0.29, 0.717) is 24.7 Å². The standard InChI is InChI=1S/C12H13NO3S/c1-15-7-10-2-3-11(16-10)12(14)13-6-9-4-5-17-8-9/h2-5,8H,6-7H2,1H3,(H,13,14). The van der Waals surface area contributed by atoms with Crippen molar-refractivity contribution in [1.82, 2.24) is 5.32 Å². The molecule has 0 fully saturated rings. The first kappa shape index (κ1) is 11.9. The summed E-state index contributed by atoms with van der Waals surface area (Å²) >= 11 is 1.61. The van der Waals surface area contributed by atoms with E-state index in [2.05, 4.69) is 5.32 Å². The molecule has 0 unspecified atom stereocenters. The van der Waals surface area contributed by atoms with Gasteiger partial charge in [-0.3, -0.25) is 4.79 Å². The van der Waals surface area contributed by atoms with Crippen LogP contribution < -0.4 is 5.32 Å². The van der Waals surface area contributed by atoms with Crippen molar-refractivity contribution >= 4 is 17.2 Å². The van der Waals surface area contributed by atoms with Crippen molar-refractivity contribution in [1.29, 1.82) is 0 Å². The van der Waals surface area contributed by atoms with Crippen LogP contribution in [-0.4, -0.2) is 13.0 Å². The van der Waals surface area contributed by atoms with Gasteiger partial charge in [0.25, 0.3) is 5.91 Å². The van der Waals surface area contributed by atoms with Gasteiger partial charge in [0.05, 0.1) is 0 Å². The third-order valence-electron chi connectivity index (χ3n) is 2.21. The molecule has 0 bridgehead atoms. The van der Waals surface area contributed by atoms with E-state index >= 15 is 0 Å². The van der Waals surface area contributed by atoms with Gasteiger partial charge in [-0.1, -0.05) is 0 Å². The molecule has 0 radical (unpaired) electrons. The number of amides is 1. The van der Waals surface area contributed by atoms with Gasteiger partial charge < -0.3 is 14.5 Å². The van der Waals surface area contributed by atoms with E-state index in [1.165, 1.54) is 0 Å². The van der Waals surface area contributed by atoms with Crippen LogP contribution in [0.1, 0.15) is 21.9 Å². The van der Waals surface area contributed by atoms with Crippen molar-refractivity contribution in [3.05, 3.63) is 46.0 Å². The number of thiophene rings is 1. The van der Waals surface area contributed by atoms with E-state index in [9.17, 15) is 4.79 Å². The zero-order chi connectivity index (χ0) is 12.1. The van der Waals surface area contributed by atoms with Gasteiger partial charge in [-0.15, -0.1) is 0 Å². The monoisotopic (exact) mass is 251 g/mol. The normalized spacial score (nSPS) is 10.4. The predicted octanol–water partition coefficient (Wildman–Crippen LogP) is 2.42. The molecule has 4 nitrogen and oxygen atoms in total. The second-order valence-corrected chi connectivity index (χ2v) is 4.29. The minimum atomic E-state index is -0.210. The van der Waals surface area contributed by atoms with Crippen LogP contribution in [0.25, 0.3) is 0 Å². The summed E-state index contributed by atoms with van der Waals surface area (Å²) in [4.78, 5) is 11.7. The van der Waals surface area contributed by atoms with Crippen LogP contribution in [0.5, 0.6) is 0 Å². The maximum Gasteiger partial charge on any atom is 0.287 e. The molecule has 2 rings (SSSR count). The summed E-state index contributed by atoms with van der Waals surface area (Å²) in [6, 6.07) is 5.36. The first-order chi connectivity index (χ1) is 8.29. The largest absolute Gasteiger partial charge is 0.453 e. The second kappa shape index (κ2) is 5.65. The third kappa shape index (κ3) is 3.18. The number of rotatable bonds is 5. The lowest BCUT2D eigenvalue weighted by Crippen LogP contribution is -2.21. The number of furan rings is 1. The van der Waals surface area contributed by atoms with Gasteiger partial charge in [-0.2, -0.15) is 11.3 Å². The summed E-state index contributed by atoms with van der Waals surface area (Å²) in [6.45, 7) is 0.889. The molecule has 0 aromatic carbocycles. The highest BCUT2D eigenvalue weighted by molar-refractivity contribution is 7.07. The molecule has 0 aliphatic rings. The van der Waals surface area contributed by atoms with Gasteiger partial charge in [0.1, 0.15) is 12.4 Å². The number of carbonyl (C=O) groups is 1. The van der Waals surface area contributed by atoms with Crippen LogP contribution in [-0.2, 0) is 17.9 Å². The molecule has 1 amide bonds. The van der Waals surface area contributed by atoms with E-state index in [-0.39, 0.29) is 5.91 Å². The van der Waals surface area contributed by atoms with Crippen LogP contribution in [0.3, 0.4) is 0 Å². The molecule has 2 heterocycles. The fourth-order valence-corrected chi connectivity index (χ4v) is 2.05. The van der Waals surface area contributed by atoms with E-state index < -0.39 is 0 Å². The summed E-state index contributed by atoms with van der Waals surface area (Å²) < 4.78 is 10.2. The summed E-state index contributed by atoms with van der Waals surface area (Å²) in [6.07, 6.45) is 0. The zero-order valence-electron chi connectivity index (χ0n) is 9.43. The number of carbonyl (C=O) groups excluding carboxylic acids is 1. The van der Waals surface area contributed by atoms with Crippen molar-refractivity contribution < 1.29 is 13.9 Å². The Morgan fingerprint density at radius 3 is 3.06 bits per heavy atom. The first-order valence-corrected chi connectivity index (χ1v) is 6.11. The number of hydrogen-bond donors (Lipinski definition) is 1. The van der Waals surface area contributed by atoms with Gasteiger partial charge in [0.2, 0.25) is 0 Å². The Balaban J connectivity index is 1.90. The Morgan fingerprint density at radius 1 is 1.47 bits per heavy atom. The molecular formula is C12H13NO3S. The second-order valence-electron chi connectivity index (χ2n) is 3.51. The van der Waals surface area contributed by atoms with Crippen LogP contribution in [0.15, 0.2) is 33.4 Å². The van der Waals surface area contributed by atoms with Crippen LogP contribution >= 0.6 is 11.3 Å². The first-order valence-electron chi connectivity index (χ1n) is 5.16. The lowest BCUT2D eigenvalue weighted by Gasteiger charge is -2.00. The Morgan fingerprint density at radius 2 is 2.35 bits per heavy atom. The highest BCUT2D eigenvalue weighted by Crippen LogP contribution is 2.10. The third-order valence-corrected chi connectivity index (χ3v) is 2.94. The van der Waals surface area contributed by atoms with Crippen molar-refractivity contribution in [3.8, 4) is 0 Å². The molecule has 90 valence electrons. The number of hydrogen-bond acceptors (Lipinski definition) is 4. The minimum absolute atomic E-state index is 0.210. The van der Waals surface area contributed by atoms with Crippen molar-refractivity contribution in [2.75, 3.05) is 7.11 Å². The highest BCUT2D eigenvalue weighted by atomic mass is 32.1. The predicted molar refractivity (Wildman–Crippen MR) is 64.9 cm³/mol. The van der Waals surface area contributed by atoms with E-state index in [1.807, 2.05) is 16.8 Å². The fraction of sp³-hybridized carbons (Fsp3) is 0.250. The Kier molecular flexibility index (Phi) is 3.95. The topological polar surface area (TPSA) is 51.5 Å². The van der Waals surface area contributed by atoms with Crippen molar-refractivity contribution in [3.63, 3.8) is 0 Å². The average Bonchev–Trinajstić information content (AvgIpc) is 2.97. The quantitative estimate of drug-likeness (QED) is 0.887. The SMILES string of the molecule is COCc1ccc(C(=O)NCc2ccsc2)o1. The summed E-state index contributed by atoms with van der Waals surface area (Å²) in [5.74, 6) is 0.749. The minimum Gasteiger partial charge on any atom is -0.453 e. The average molecular weight is 251 g/mol. The summed E-state index contributed by atoms with van der Waals surface area (Å²) in [7, 11) is 1.58. The molecule has 2 aromatic rings. The van der Waals surface area contributed by atoms with Crippen molar-refractivity contribution in [2.24, 2.45) is 0 Å². The molecule has 0 aliphatic heterocycles. The van der Waals surface area contributed by atoms with Crippen LogP contribution in [0.2, 0.25) is 0 Å². The summed E-state index contributed by atoms with van der Waals surface area (Å²) in [5, 5.41) is 6.77.